The number of nitrogens with zero attached hydrogens (tertiary/aromatic N) is 1. The first-order valence-electron chi connectivity index (χ1n) is 2.78. The predicted molar refractivity (Wildman–Crippen MR) is 39.4 cm³/mol. The van der Waals surface area contributed by atoms with Crippen LogP contribution in [0.15, 0.2) is 12.3 Å². The minimum absolute atomic E-state index is 0. The van der Waals surface area contributed by atoms with Gasteiger partial charge in [0.15, 0.2) is 0 Å². The second-order valence-corrected chi connectivity index (χ2v) is 3.02. The number of H-pyrrole nitrogens is 1. The largest absolute Gasteiger partial charge is 1.00 e. The summed E-state index contributed by atoms with van der Waals surface area (Å²) in [7, 11) is -4.04. The van der Waals surface area contributed by atoms with Gasteiger partial charge in [-0.1, -0.05) is 0 Å². The van der Waals surface area contributed by atoms with Gasteiger partial charge in [-0.3, -0.25) is 9.89 Å². The van der Waals surface area contributed by atoms with Crippen LogP contribution in [0.3, 0.4) is 0 Å². The van der Waals surface area contributed by atoms with Gasteiger partial charge in [0, 0.05) is 6.07 Å². The van der Waals surface area contributed by atoms with Crippen LogP contribution in [-0.2, 0) is 19.3 Å². The number of hydrogen-bond acceptors (Lipinski definition) is 5. The van der Waals surface area contributed by atoms with Crippen molar-refractivity contribution in [3.8, 4) is 0 Å². The first kappa shape index (κ1) is 12.4. The molecular formula is C4H6N3NaO4S. The molecule has 0 spiro atoms. The Morgan fingerprint density at radius 2 is 2.38 bits per heavy atom. The van der Waals surface area contributed by atoms with Crippen LogP contribution in [0.25, 0.3) is 0 Å². The van der Waals surface area contributed by atoms with E-state index in [2.05, 4.69) is 14.4 Å². The van der Waals surface area contributed by atoms with Crippen LogP contribution in [0.4, 0.5) is 5.82 Å². The van der Waals surface area contributed by atoms with Crippen LogP contribution < -0.4 is 34.3 Å². The summed E-state index contributed by atoms with van der Waals surface area (Å²) >= 11 is 0. The maximum atomic E-state index is 10.7. The van der Waals surface area contributed by atoms with Crippen LogP contribution >= 0.6 is 0 Å². The number of anilines is 1. The summed E-state index contributed by atoms with van der Waals surface area (Å²) in [4.78, 5) is 9.68. The molecule has 1 aromatic rings. The molecule has 7 nitrogen and oxygen atoms in total. The van der Waals surface area contributed by atoms with Crippen molar-refractivity contribution >= 4 is 22.6 Å². The summed E-state index contributed by atoms with van der Waals surface area (Å²) in [5.41, 5.74) is 0. The molecule has 0 aliphatic heterocycles. The SMILES string of the molecule is O=COS(=O)(=O)Nc1ccn[nH]1.[H-].[Na+]. The van der Waals surface area contributed by atoms with Crippen LogP contribution in [-0.4, -0.2) is 25.1 Å². The molecule has 0 aromatic carbocycles. The van der Waals surface area contributed by atoms with Gasteiger partial charge in [0.2, 0.25) is 0 Å². The second kappa shape index (κ2) is 5.22. The van der Waals surface area contributed by atoms with E-state index in [1.807, 2.05) is 4.72 Å². The van der Waals surface area contributed by atoms with E-state index in [1.165, 1.54) is 12.3 Å². The molecule has 0 bridgehead atoms. The number of carbonyl (C=O) groups is 1. The smallest absolute Gasteiger partial charge is 1.00 e. The van der Waals surface area contributed by atoms with Crippen molar-refractivity contribution in [2.75, 3.05) is 4.72 Å². The van der Waals surface area contributed by atoms with Gasteiger partial charge in [0.1, 0.15) is 5.82 Å². The van der Waals surface area contributed by atoms with Crippen molar-refractivity contribution in [3.05, 3.63) is 12.3 Å². The monoisotopic (exact) mass is 215 g/mol. The molecule has 9 heteroatoms. The molecule has 0 radical (unpaired) electrons. The minimum atomic E-state index is -4.04. The molecule has 1 rings (SSSR count). The van der Waals surface area contributed by atoms with Crippen LogP contribution in [0.5, 0.6) is 0 Å². The Labute approximate surface area is 97.9 Å². The second-order valence-electron chi connectivity index (χ2n) is 1.72. The van der Waals surface area contributed by atoms with E-state index in [0.717, 1.165) is 0 Å². The quantitative estimate of drug-likeness (QED) is 0.398. The van der Waals surface area contributed by atoms with Crippen molar-refractivity contribution in [2.45, 2.75) is 0 Å². The fourth-order valence-corrected chi connectivity index (χ4v) is 1.06. The normalized spacial score (nSPS) is 9.85. The zero-order valence-corrected chi connectivity index (χ0v) is 9.54. The number of carbonyl (C=O) groups excluding carboxylic acids is 1. The molecule has 0 fully saturated rings. The fourth-order valence-electron chi connectivity index (χ4n) is 0.523. The average Bonchev–Trinajstić information content (AvgIpc) is 2.38. The summed E-state index contributed by atoms with van der Waals surface area (Å²) in [6.45, 7) is -0.182. The van der Waals surface area contributed by atoms with Crippen molar-refractivity contribution in [3.63, 3.8) is 0 Å². The number of aromatic amines is 1. The molecule has 68 valence electrons. The molecule has 0 unspecified atom stereocenters. The molecule has 0 aliphatic carbocycles. The zero-order chi connectivity index (χ0) is 9.03. The van der Waals surface area contributed by atoms with Gasteiger partial charge >= 0.3 is 46.3 Å². The number of aromatic nitrogens is 2. The van der Waals surface area contributed by atoms with Gasteiger partial charge in [-0.2, -0.15) is 13.5 Å². The molecule has 1 aromatic heterocycles. The van der Waals surface area contributed by atoms with Crippen molar-refractivity contribution in [1.82, 2.24) is 10.2 Å². The Morgan fingerprint density at radius 1 is 1.69 bits per heavy atom. The molecule has 0 aliphatic rings. The van der Waals surface area contributed by atoms with E-state index in [-0.39, 0.29) is 43.3 Å². The third kappa shape index (κ3) is 4.27. The summed E-state index contributed by atoms with van der Waals surface area (Å²) in [6.07, 6.45) is 1.35. The standard InChI is InChI=1S/C4H5N3O4S.Na.H/c8-3-11-12(9,10)7-4-1-2-5-6-4;;/h1-3H,(H2,5,6,7);;/q;+1;-1. The summed E-state index contributed by atoms with van der Waals surface area (Å²) in [5, 5.41) is 5.79. The van der Waals surface area contributed by atoms with Crippen LogP contribution in [0.2, 0.25) is 0 Å². The number of hydrogen-bond donors (Lipinski definition) is 2. The maximum Gasteiger partial charge on any atom is 1.00 e. The van der Waals surface area contributed by atoms with E-state index in [4.69, 9.17) is 0 Å². The molecule has 2 N–H and O–H groups in total. The summed E-state index contributed by atoms with van der Waals surface area (Å²) in [6, 6.07) is 1.37. The minimum Gasteiger partial charge on any atom is -1.00 e. The third-order valence-electron chi connectivity index (χ3n) is 0.902. The topological polar surface area (TPSA) is 101 Å². The Bertz CT molecular complexity index is 353. The van der Waals surface area contributed by atoms with E-state index in [1.54, 1.807) is 0 Å². The van der Waals surface area contributed by atoms with Gasteiger partial charge in [0.25, 0.3) is 0 Å². The van der Waals surface area contributed by atoms with E-state index < -0.39 is 10.3 Å². The molecule has 0 amide bonds. The van der Waals surface area contributed by atoms with E-state index in [9.17, 15) is 13.2 Å². The zero-order valence-electron chi connectivity index (χ0n) is 7.72. The predicted octanol–water partition coefficient (Wildman–Crippen LogP) is -3.64. The first-order chi connectivity index (χ1) is 5.64. The van der Waals surface area contributed by atoms with Crippen molar-refractivity contribution in [2.24, 2.45) is 0 Å². The molecule has 13 heavy (non-hydrogen) atoms. The molecule has 1 heterocycles. The molecule has 0 saturated carbocycles. The van der Waals surface area contributed by atoms with Gasteiger partial charge < -0.3 is 5.61 Å². The van der Waals surface area contributed by atoms with Crippen molar-refractivity contribution < 1.29 is 48.4 Å². The third-order valence-corrected chi connectivity index (χ3v) is 1.70. The van der Waals surface area contributed by atoms with Gasteiger partial charge in [-0.15, -0.1) is 0 Å². The van der Waals surface area contributed by atoms with E-state index in [0.29, 0.717) is 0 Å². The molecule has 0 saturated heterocycles. The van der Waals surface area contributed by atoms with Crippen LogP contribution in [0, 0.1) is 0 Å². The Morgan fingerprint density at radius 3 is 2.85 bits per heavy atom. The Hall–Kier alpha value is -0.570. The fraction of sp³-hybridized carbons (Fsp3) is 0. The van der Waals surface area contributed by atoms with Gasteiger partial charge in [-0.05, 0) is 0 Å². The van der Waals surface area contributed by atoms with Gasteiger partial charge in [0.05, 0.1) is 6.20 Å². The Balaban J connectivity index is 0. The molecular weight excluding hydrogens is 209 g/mol. The molecule has 0 atom stereocenters. The first-order valence-corrected chi connectivity index (χ1v) is 4.19. The maximum absolute atomic E-state index is 10.7. The van der Waals surface area contributed by atoms with Gasteiger partial charge in [-0.25, -0.2) is 4.72 Å². The number of rotatable bonds is 4. The average molecular weight is 215 g/mol. The van der Waals surface area contributed by atoms with E-state index >= 15 is 0 Å². The summed E-state index contributed by atoms with van der Waals surface area (Å²) < 4.78 is 27.0. The summed E-state index contributed by atoms with van der Waals surface area (Å²) in [5.74, 6) is 0.122. The Kier molecular flexibility index (Phi) is 4.99. The van der Waals surface area contributed by atoms with Crippen LogP contribution in [0.1, 0.15) is 1.43 Å². The van der Waals surface area contributed by atoms with Crippen molar-refractivity contribution in [1.29, 1.82) is 0 Å². The number of nitrogens with one attached hydrogen (secondary N) is 2.